The molecule has 0 aliphatic carbocycles. The summed E-state index contributed by atoms with van der Waals surface area (Å²) in [7, 11) is 0. The van der Waals surface area contributed by atoms with Crippen LogP contribution in [0.3, 0.4) is 0 Å². The van der Waals surface area contributed by atoms with Gasteiger partial charge in [0, 0.05) is 18.4 Å². The number of carbonyl (C=O) groups is 1. The molecular weight excluding hydrogens is 220 g/mol. The molecule has 0 saturated carbocycles. The highest BCUT2D eigenvalue weighted by Crippen LogP contribution is 2.19. The number of nitriles is 1. The number of ketones is 1. The van der Waals surface area contributed by atoms with E-state index >= 15 is 0 Å². The number of rotatable bonds is 4. The fraction of sp³-hybridized carbons (Fsp3) is 0.333. The van der Waals surface area contributed by atoms with Crippen molar-refractivity contribution in [2.24, 2.45) is 5.92 Å². The standard InChI is InChI=1S/C12H12N2O3/c1-8(2)12(15)6-9-3-4-11(14(16)17)10(5-9)7-13/h3-5,8H,6H2,1-2H3. The van der Waals surface area contributed by atoms with E-state index in [0.717, 1.165) is 0 Å². The van der Waals surface area contributed by atoms with Crippen molar-refractivity contribution in [1.82, 2.24) is 0 Å². The molecule has 1 aromatic carbocycles. The topological polar surface area (TPSA) is 84.0 Å². The lowest BCUT2D eigenvalue weighted by molar-refractivity contribution is -0.385. The van der Waals surface area contributed by atoms with Crippen LogP contribution in [0.5, 0.6) is 0 Å². The van der Waals surface area contributed by atoms with Crippen molar-refractivity contribution in [2.75, 3.05) is 0 Å². The van der Waals surface area contributed by atoms with Gasteiger partial charge >= 0.3 is 0 Å². The number of Topliss-reactive ketones (excluding diaryl/α,β-unsaturated/α-hetero) is 1. The van der Waals surface area contributed by atoms with Crippen LogP contribution in [0.25, 0.3) is 0 Å². The molecule has 0 amide bonds. The summed E-state index contributed by atoms with van der Waals surface area (Å²) in [6.45, 7) is 3.58. The normalized spacial score (nSPS) is 10.0. The Morgan fingerprint density at radius 3 is 2.65 bits per heavy atom. The second-order valence-electron chi connectivity index (χ2n) is 4.02. The number of benzene rings is 1. The van der Waals surface area contributed by atoms with Crippen LogP contribution in [0, 0.1) is 27.4 Å². The monoisotopic (exact) mass is 232 g/mol. The summed E-state index contributed by atoms with van der Waals surface area (Å²) in [5.74, 6) is -0.0431. The van der Waals surface area contributed by atoms with Gasteiger partial charge in [-0.25, -0.2) is 0 Å². The van der Waals surface area contributed by atoms with Gasteiger partial charge in [0.2, 0.25) is 0 Å². The first-order valence-corrected chi connectivity index (χ1v) is 5.16. The number of nitro groups is 1. The molecule has 0 unspecified atom stereocenters. The first-order valence-electron chi connectivity index (χ1n) is 5.16. The molecular formula is C12H12N2O3. The maximum absolute atomic E-state index is 11.5. The van der Waals surface area contributed by atoms with Gasteiger partial charge in [-0.05, 0) is 11.6 Å². The van der Waals surface area contributed by atoms with Gasteiger partial charge in [0.15, 0.2) is 0 Å². The summed E-state index contributed by atoms with van der Waals surface area (Å²) in [4.78, 5) is 21.5. The molecule has 0 aliphatic heterocycles. The third kappa shape index (κ3) is 3.11. The second kappa shape index (κ2) is 5.21. The Morgan fingerprint density at radius 1 is 1.53 bits per heavy atom. The van der Waals surface area contributed by atoms with Gasteiger partial charge in [-0.3, -0.25) is 14.9 Å². The Hall–Kier alpha value is -2.22. The Morgan fingerprint density at radius 2 is 2.18 bits per heavy atom. The summed E-state index contributed by atoms with van der Waals surface area (Å²) in [6.07, 6.45) is 0.199. The van der Waals surface area contributed by atoms with Gasteiger partial charge in [0.05, 0.1) is 4.92 Å². The van der Waals surface area contributed by atoms with Gasteiger partial charge in [0.1, 0.15) is 17.4 Å². The van der Waals surface area contributed by atoms with Crippen LogP contribution in [0.15, 0.2) is 18.2 Å². The van der Waals surface area contributed by atoms with E-state index < -0.39 is 4.92 Å². The minimum absolute atomic E-state index is 0.0101. The quantitative estimate of drug-likeness (QED) is 0.588. The van der Waals surface area contributed by atoms with Gasteiger partial charge < -0.3 is 0 Å². The lowest BCUT2D eigenvalue weighted by atomic mass is 9.99. The third-order valence-electron chi connectivity index (χ3n) is 2.40. The largest absolute Gasteiger partial charge is 0.299 e. The van der Waals surface area contributed by atoms with Crippen molar-refractivity contribution >= 4 is 11.5 Å². The molecule has 1 aromatic rings. The number of carbonyl (C=O) groups excluding carboxylic acids is 1. The van der Waals surface area contributed by atoms with Gasteiger partial charge in [0.25, 0.3) is 5.69 Å². The number of nitro benzene ring substituents is 1. The smallest absolute Gasteiger partial charge is 0.287 e. The van der Waals surface area contributed by atoms with Crippen molar-refractivity contribution < 1.29 is 9.72 Å². The van der Waals surface area contributed by atoms with E-state index in [9.17, 15) is 14.9 Å². The predicted molar refractivity (Wildman–Crippen MR) is 61.4 cm³/mol. The molecule has 5 nitrogen and oxygen atoms in total. The molecule has 0 aromatic heterocycles. The van der Waals surface area contributed by atoms with Crippen LogP contribution in [-0.4, -0.2) is 10.7 Å². The average Bonchev–Trinajstić information content (AvgIpc) is 2.28. The van der Waals surface area contributed by atoms with E-state index in [2.05, 4.69) is 0 Å². The zero-order chi connectivity index (χ0) is 13.0. The van der Waals surface area contributed by atoms with Crippen LogP contribution in [0.2, 0.25) is 0 Å². The second-order valence-corrected chi connectivity index (χ2v) is 4.02. The van der Waals surface area contributed by atoms with E-state index in [-0.39, 0.29) is 29.4 Å². The molecule has 0 radical (unpaired) electrons. The zero-order valence-electron chi connectivity index (χ0n) is 9.64. The molecule has 1 rings (SSSR count). The number of hydrogen-bond acceptors (Lipinski definition) is 4. The fourth-order valence-corrected chi connectivity index (χ4v) is 1.35. The maximum atomic E-state index is 11.5. The fourth-order valence-electron chi connectivity index (χ4n) is 1.35. The first kappa shape index (κ1) is 12.8. The predicted octanol–water partition coefficient (Wildman–Crippen LogP) is 2.23. The molecule has 0 spiro atoms. The van der Waals surface area contributed by atoms with Crippen molar-refractivity contribution in [2.45, 2.75) is 20.3 Å². The summed E-state index contributed by atoms with van der Waals surface area (Å²) >= 11 is 0. The van der Waals surface area contributed by atoms with E-state index in [1.165, 1.54) is 18.2 Å². The van der Waals surface area contributed by atoms with Crippen molar-refractivity contribution in [3.8, 4) is 6.07 Å². The average molecular weight is 232 g/mol. The molecule has 88 valence electrons. The summed E-state index contributed by atoms with van der Waals surface area (Å²) in [5, 5.41) is 19.4. The minimum Gasteiger partial charge on any atom is -0.299 e. The first-order chi connectivity index (χ1) is 7.95. The lowest BCUT2D eigenvalue weighted by Gasteiger charge is -2.04. The highest BCUT2D eigenvalue weighted by Gasteiger charge is 2.15. The highest BCUT2D eigenvalue weighted by atomic mass is 16.6. The molecule has 0 bridgehead atoms. The number of nitrogens with zero attached hydrogens (tertiary/aromatic N) is 2. The molecule has 0 saturated heterocycles. The number of hydrogen-bond donors (Lipinski definition) is 0. The third-order valence-corrected chi connectivity index (χ3v) is 2.40. The molecule has 17 heavy (non-hydrogen) atoms. The Balaban J connectivity index is 3.03. The Kier molecular flexibility index (Phi) is 3.94. The molecule has 0 N–H and O–H groups in total. The SMILES string of the molecule is CC(C)C(=O)Cc1ccc([N+](=O)[O-])c(C#N)c1. The van der Waals surface area contributed by atoms with Crippen LogP contribution in [0.1, 0.15) is 25.0 Å². The van der Waals surface area contributed by atoms with Crippen LogP contribution >= 0.6 is 0 Å². The van der Waals surface area contributed by atoms with Crippen molar-refractivity contribution in [3.63, 3.8) is 0 Å². The Labute approximate surface area is 98.8 Å². The molecule has 0 atom stereocenters. The van der Waals surface area contributed by atoms with E-state index in [0.29, 0.717) is 5.56 Å². The van der Waals surface area contributed by atoms with Crippen molar-refractivity contribution in [3.05, 3.63) is 39.4 Å². The molecule has 0 heterocycles. The molecule has 0 aliphatic rings. The summed E-state index contributed by atoms with van der Waals surface area (Å²) < 4.78 is 0. The molecule has 5 heteroatoms. The molecule has 0 fully saturated rings. The van der Waals surface area contributed by atoms with E-state index in [1.807, 2.05) is 0 Å². The maximum Gasteiger partial charge on any atom is 0.287 e. The van der Waals surface area contributed by atoms with Crippen LogP contribution in [0.4, 0.5) is 5.69 Å². The summed E-state index contributed by atoms with van der Waals surface area (Å²) in [6, 6.07) is 5.95. The van der Waals surface area contributed by atoms with Crippen LogP contribution < -0.4 is 0 Å². The zero-order valence-corrected chi connectivity index (χ0v) is 9.64. The lowest BCUT2D eigenvalue weighted by Crippen LogP contribution is -2.10. The minimum atomic E-state index is -0.605. The summed E-state index contributed by atoms with van der Waals surface area (Å²) in [5.41, 5.74) is 0.392. The van der Waals surface area contributed by atoms with Gasteiger partial charge in [-0.2, -0.15) is 5.26 Å². The van der Waals surface area contributed by atoms with Crippen LogP contribution in [-0.2, 0) is 11.2 Å². The van der Waals surface area contributed by atoms with E-state index in [1.54, 1.807) is 19.9 Å². The van der Waals surface area contributed by atoms with E-state index in [4.69, 9.17) is 5.26 Å². The Bertz CT molecular complexity index is 501. The highest BCUT2D eigenvalue weighted by molar-refractivity contribution is 5.82. The van der Waals surface area contributed by atoms with Gasteiger partial charge in [-0.15, -0.1) is 0 Å². The van der Waals surface area contributed by atoms with Gasteiger partial charge in [-0.1, -0.05) is 19.9 Å². The van der Waals surface area contributed by atoms with Crippen molar-refractivity contribution in [1.29, 1.82) is 5.26 Å².